The Morgan fingerprint density at radius 2 is 1.75 bits per heavy atom. The highest BCUT2D eigenvalue weighted by molar-refractivity contribution is 7.18. The molecule has 0 radical (unpaired) electrons. The molecule has 1 aliphatic rings. The molecular weight excluding hydrogens is 422 g/mol. The van der Waals surface area contributed by atoms with Gasteiger partial charge >= 0.3 is 5.69 Å². The SMILES string of the molecule is CC(=O)N1CCc2c(sc3c2c(=O)n(-c2ccccc2)c(=O)n3Cc2ccc(C)cc2)C1. The molecule has 0 unspecified atom stereocenters. The van der Waals surface area contributed by atoms with Gasteiger partial charge in [0.15, 0.2) is 0 Å². The number of hydrogen-bond acceptors (Lipinski definition) is 4. The van der Waals surface area contributed by atoms with Crippen LogP contribution in [0.4, 0.5) is 0 Å². The van der Waals surface area contributed by atoms with Crippen LogP contribution < -0.4 is 11.2 Å². The Hall–Kier alpha value is -3.45. The minimum atomic E-state index is -0.351. The first kappa shape index (κ1) is 20.5. The number of carbonyl (C=O) groups excluding carboxylic acids is 1. The molecule has 0 saturated carbocycles. The summed E-state index contributed by atoms with van der Waals surface area (Å²) in [5, 5.41) is 0.601. The van der Waals surface area contributed by atoms with E-state index < -0.39 is 0 Å². The van der Waals surface area contributed by atoms with Crippen molar-refractivity contribution < 1.29 is 4.79 Å². The lowest BCUT2D eigenvalue weighted by molar-refractivity contribution is -0.129. The van der Waals surface area contributed by atoms with Crippen molar-refractivity contribution in [3.8, 4) is 5.69 Å². The van der Waals surface area contributed by atoms with Crippen LogP contribution in [0.2, 0.25) is 0 Å². The molecule has 0 N–H and O–H groups in total. The fourth-order valence-electron chi connectivity index (χ4n) is 4.30. The highest BCUT2D eigenvalue weighted by Crippen LogP contribution is 2.33. The molecule has 6 nitrogen and oxygen atoms in total. The average Bonchev–Trinajstić information content (AvgIpc) is 3.17. The zero-order valence-corrected chi connectivity index (χ0v) is 18.8. The number of benzene rings is 2. The molecule has 2 aromatic carbocycles. The quantitative estimate of drug-likeness (QED) is 0.485. The van der Waals surface area contributed by atoms with E-state index in [9.17, 15) is 14.4 Å². The van der Waals surface area contributed by atoms with Gasteiger partial charge in [0.1, 0.15) is 4.83 Å². The third kappa shape index (κ3) is 3.39. The second-order valence-corrected chi connectivity index (χ2v) is 9.29. The van der Waals surface area contributed by atoms with Gasteiger partial charge in [-0.05, 0) is 36.6 Å². The van der Waals surface area contributed by atoms with Crippen molar-refractivity contribution in [3.05, 3.63) is 97.0 Å². The maximum absolute atomic E-state index is 13.6. The minimum Gasteiger partial charge on any atom is -0.337 e. The predicted octanol–water partition coefficient (Wildman–Crippen LogP) is 3.48. The number of aryl methyl sites for hydroxylation is 1. The highest BCUT2D eigenvalue weighted by atomic mass is 32.1. The maximum Gasteiger partial charge on any atom is 0.337 e. The average molecular weight is 446 g/mol. The molecule has 0 fully saturated rings. The number of hydrogen-bond donors (Lipinski definition) is 0. The van der Waals surface area contributed by atoms with Gasteiger partial charge in [-0.15, -0.1) is 11.3 Å². The van der Waals surface area contributed by atoms with Crippen LogP contribution in [0.3, 0.4) is 0 Å². The van der Waals surface area contributed by atoms with Gasteiger partial charge in [0, 0.05) is 18.3 Å². The topological polar surface area (TPSA) is 64.3 Å². The van der Waals surface area contributed by atoms with E-state index >= 15 is 0 Å². The van der Waals surface area contributed by atoms with Gasteiger partial charge in [0.2, 0.25) is 5.91 Å². The first-order chi connectivity index (χ1) is 15.4. The van der Waals surface area contributed by atoms with E-state index in [0.29, 0.717) is 42.0 Å². The maximum atomic E-state index is 13.6. The van der Waals surface area contributed by atoms with Crippen LogP contribution in [0, 0.1) is 6.92 Å². The van der Waals surface area contributed by atoms with Crippen molar-refractivity contribution in [2.24, 2.45) is 0 Å². The van der Waals surface area contributed by atoms with E-state index in [0.717, 1.165) is 21.6 Å². The highest BCUT2D eigenvalue weighted by Gasteiger charge is 2.27. The molecule has 0 aliphatic carbocycles. The van der Waals surface area contributed by atoms with Crippen LogP contribution in [0.25, 0.3) is 15.9 Å². The summed E-state index contributed by atoms with van der Waals surface area (Å²) in [6.45, 7) is 5.02. The van der Waals surface area contributed by atoms with Crippen LogP contribution in [0.15, 0.2) is 64.2 Å². The standard InChI is InChI=1S/C25H23N3O3S/c1-16-8-10-18(11-9-16)14-27-24-22(20-12-13-26(17(2)29)15-21(20)32-24)23(30)28(25(27)31)19-6-4-3-5-7-19/h3-11H,12-15H2,1-2H3. The Labute approximate surface area is 189 Å². The van der Waals surface area contributed by atoms with Crippen LogP contribution >= 0.6 is 11.3 Å². The first-order valence-electron chi connectivity index (χ1n) is 10.6. The van der Waals surface area contributed by atoms with Crippen LogP contribution in [-0.2, 0) is 24.3 Å². The van der Waals surface area contributed by atoms with Crippen molar-refractivity contribution in [1.82, 2.24) is 14.0 Å². The van der Waals surface area contributed by atoms with E-state index in [1.54, 1.807) is 28.5 Å². The number of carbonyl (C=O) groups is 1. The van der Waals surface area contributed by atoms with Crippen molar-refractivity contribution in [3.63, 3.8) is 0 Å². The zero-order chi connectivity index (χ0) is 22.4. The molecule has 5 rings (SSSR count). The molecule has 162 valence electrons. The molecular formula is C25H23N3O3S. The molecule has 3 heterocycles. The van der Waals surface area contributed by atoms with E-state index in [1.807, 2.05) is 49.4 Å². The van der Waals surface area contributed by atoms with Crippen LogP contribution in [0.1, 0.15) is 28.5 Å². The number of aromatic nitrogens is 2. The molecule has 0 bridgehead atoms. The van der Waals surface area contributed by atoms with E-state index in [2.05, 4.69) is 0 Å². The summed E-state index contributed by atoms with van der Waals surface area (Å²) < 4.78 is 2.98. The van der Waals surface area contributed by atoms with Crippen molar-refractivity contribution in [2.45, 2.75) is 33.4 Å². The smallest absolute Gasteiger partial charge is 0.337 e. The predicted molar refractivity (Wildman–Crippen MR) is 127 cm³/mol. The zero-order valence-electron chi connectivity index (χ0n) is 18.0. The monoisotopic (exact) mass is 445 g/mol. The van der Waals surface area contributed by atoms with Crippen LogP contribution in [0.5, 0.6) is 0 Å². The Kier molecular flexibility index (Phi) is 5.06. The lowest BCUT2D eigenvalue weighted by Gasteiger charge is -2.25. The Morgan fingerprint density at radius 3 is 2.44 bits per heavy atom. The van der Waals surface area contributed by atoms with Crippen molar-refractivity contribution in [2.75, 3.05) is 6.54 Å². The number of amides is 1. The summed E-state index contributed by atoms with van der Waals surface area (Å²) in [5.41, 5.74) is 3.03. The molecule has 32 heavy (non-hydrogen) atoms. The normalized spacial score (nSPS) is 13.4. The van der Waals surface area contributed by atoms with Gasteiger partial charge < -0.3 is 4.90 Å². The molecule has 4 aromatic rings. The second-order valence-electron chi connectivity index (χ2n) is 8.20. The molecule has 2 aromatic heterocycles. The van der Waals surface area contributed by atoms with E-state index in [-0.39, 0.29) is 17.2 Å². The molecule has 1 amide bonds. The molecule has 0 saturated heterocycles. The van der Waals surface area contributed by atoms with Gasteiger partial charge in [-0.2, -0.15) is 0 Å². The summed E-state index contributed by atoms with van der Waals surface area (Å²) >= 11 is 1.46. The summed E-state index contributed by atoms with van der Waals surface area (Å²) in [7, 11) is 0. The molecule has 0 atom stereocenters. The Morgan fingerprint density at radius 1 is 1.03 bits per heavy atom. The summed E-state index contributed by atoms with van der Waals surface area (Å²) in [6, 6.07) is 17.1. The van der Waals surface area contributed by atoms with Gasteiger partial charge in [0.05, 0.1) is 24.2 Å². The number of nitrogens with zero attached hydrogens (tertiary/aromatic N) is 3. The van der Waals surface area contributed by atoms with E-state index in [1.165, 1.54) is 15.9 Å². The third-order valence-corrected chi connectivity index (χ3v) is 7.28. The summed E-state index contributed by atoms with van der Waals surface area (Å²) in [6.07, 6.45) is 0.613. The fourth-order valence-corrected chi connectivity index (χ4v) is 5.64. The van der Waals surface area contributed by atoms with Gasteiger partial charge in [-0.1, -0.05) is 48.0 Å². The van der Waals surface area contributed by atoms with Gasteiger partial charge in [-0.3, -0.25) is 14.2 Å². The molecule has 1 aliphatic heterocycles. The van der Waals surface area contributed by atoms with Gasteiger partial charge in [-0.25, -0.2) is 9.36 Å². The van der Waals surface area contributed by atoms with E-state index in [4.69, 9.17) is 0 Å². The lowest BCUT2D eigenvalue weighted by Crippen LogP contribution is -2.39. The summed E-state index contributed by atoms with van der Waals surface area (Å²) in [5.74, 6) is 0.0202. The first-order valence-corrected chi connectivity index (χ1v) is 11.4. The number of thiophene rings is 1. The minimum absolute atomic E-state index is 0.0202. The van der Waals surface area contributed by atoms with Crippen molar-refractivity contribution in [1.29, 1.82) is 0 Å². The number of fused-ring (bicyclic) bond motifs is 3. The number of rotatable bonds is 3. The third-order valence-electron chi connectivity index (χ3n) is 6.04. The molecule has 7 heteroatoms. The summed E-state index contributed by atoms with van der Waals surface area (Å²) in [4.78, 5) is 42.6. The molecule has 0 spiro atoms. The fraction of sp³-hybridized carbons (Fsp3) is 0.240. The van der Waals surface area contributed by atoms with Gasteiger partial charge in [0.25, 0.3) is 5.56 Å². The van der Waals surface area contributed by atoms with Crippen LogP contribution in [-0.4, -0.2) is 26.5 Å². The number of para-hydroxylation sites is 1. The lowest BCUT2D eigenvalue weighted by atomic mass is 10.1. The Bertz CT molecular complexity index is 1450. The second kappa shape index (κ2) is 7.91. The Balaban J connectivity index is 1.79. The van der Waals surface area contributed by atoms with Crippen molar-refractivity contribution >= 4 is 27.5 Å². The largest absolute Gasteiger partial charge is 0.337 e.